The van der Waals surface area contributed by atoms with Crippen molar-refractivity contribution in [2.75, 3.05) is 26.3 Å². The van der Waals surface area contributed by atoms with Crippen LogP contribution in [0.1, 0.15) is 35.6 Å². The fourth-order valence-electron chi connectivity index (χ4n) is 3.94. The number of aryl methyl sites for hydroxylation is 1. The molecule has 2 heterocycles. The maximum absolute atomic E-state index is 13.3. The van der Waals surface area contributed by atoms with E-state index in [9.17, 15) is 4.79 Å². The van der Waals surface area contributed by atoms with E-state index < -0.39 is 0 Å². The fourth-order valence-corrected chi connectivity index (χ4v) is 3.94. The Hall–Kier alpha value is -2.24. The topological polar surface area (TPSA) is 54.5 Å². The Bertz CT molecular complexity index is 783. The number of aromatic nitrogens is 1. The quantitative estimate of drug-likeness (QED) is 0.855. The van der Waals surface area contributed by atoms with Crippen molar-refractivity contribution in [3.8, 4) is 0 Å². The fraction of sp³-hybridized carbons (Fsp3) is 0.455. The van der Waals surface area contributed by atoms with Crippen LogP contribution in [0.5, 0.6) is 0 Å². The van der Waals surface area contributed by atoms with Crippen molar-refractivity contribution in [2.24, 2.45) is 0 Å². The van der Waals surface area contributed by atoms with Gasteiger partial charge in [-0.1, -0.05) is 35.9 Å². The molecule has 0 bridgehead atoms. The smallest absolute Gasteiger partial charge is 0.242 e. The number of benzene rings is 1. The minimum Gasteiger partial charge on any atom is -0.379 e. The second-order valence-electron chi connectivity index (χ2n) is 7.77. The largest absolute Gasteiger partial charge is 0.379 e. The molecular formula is C22H27N3O2. The molecule has 5 nitrogen and oxygen atoms in total. The van der Waals surface area contributed by atoms with Crippen molar-refractivity contribution in [2.45, 2.75) is 37.8 Å². The Labute approximate surface area is 160 Å². The third-order valence-electron chi connectivity index (χ3n) is 5.53. The molecule has 27 heavy (non-hydrogen) atoms. The number of carbonyl (C=O) groups excluding carboxylic acids is 1. The molecule has 1 aromatic heterocycles. The molecule has 1 N–H and O–H groups in total. The number of morpholine rings is 1. The number of carbonyl (C=O) groups is 1. The molecule has 4 rings (SSSR count). The van der Waals surface area contributed by atoms with Gasteiger partial charge in [0.2, 0.25) is 5.91 Å². The van der Waals surface area contributed by atoms with E-state index in [2.05, 4.69) is 46.4 Å². The molecule has 0 radical (unpaired) electrons. The van der Waals surface area contributed by atoms with Crippen LogP contribution < -0.4 is 5.32 Å². The summed E-state index contributed by atoms with van der Waals surface area (Å²) in [5.41, 5.74) is 3.40. The first-order valence-corrected chi connectivity index (χ1v) is 9.75. The van der Waals surface area contributed by atoms with Gasteiger partial charge in [-0.15, -0.1) is 0 Å². The first-order chi connectivity index (χ1) is 13.2. The molecule has 2 aromatic rings. The maximum atomic E-state index is 13.3. The number of rotatable bonds is 6. The molecule has 1 unspecified atom stereocenters. The van der Waals surface area contributed by atoms with Gasteiger partial charge in [0.25, 0.3) is 0 Å². The molecule has 1 aliphatic heterocycles. The van der Waals surface area contributed by atoms with E-state index in [1.165, 1.54) is 11.1 Å². The van der Waals surface area contributed by atoms with E-state index in [-0.39, 0.29) is 17.5 Å². The third kappa shape index (κ3) is 4.37. The highest BCUT2D eigenvalue weighted by atomic mass is 16.5. The molecule has 1 saturated heterocycles. The predicted molar refractivity (Wildman–Crippen MR) is 104 cm³/mol. The molecule has 142 valence electrons. The van der Waals surface area contributed by atoms with E-state index in [4.69, 9.17) is 4.74 Å². The molecule has 1 amide bonds. The van der Waals surface area contributed by atoms with Crippen molar-refractivity contribution in [3.05, 3.63) is 65.5 Å². The van der Waals surface area contributed by atoms with Crippen molar-refractivity contribution in [3.63, 3.8) is 0 Å². The van der Waals surface area contributed by atoms with Crippen LogP contribution in [0.15, 0.2) is 48.8 Å². The molecular weight excluding hydrogens is 338 g/mol. The van der Waals surface area contributed by atoms with Gasteiger partial charge in [0, 0.05) is 31.0 Å². The van der Waals surface area contributed by atoms with Gasteiger partial charge in [0.15, 0.2) is 0 Å². The van der Waals surface area contributed by atoms with Crippen LogP contribution in [-0.4, -0.2) is 47.6 Å². The molecule has 5 heteroatoms. The number of nitrogens with zero attached hydrogens (tertiary/aromatic N) is 2. The number of pyridine rings is 1. The summed E-state index contributed by atoms with van der Waals surface area (Å²) in [6, 6.07) is 12.2. The van der Waals surface area contributed by atoms with E-state index in [0.717, 1.165) is 37.9 Å². The Morgan fingerprint density at radius 1 is 1.26 bits per heavy atom. The second-order valence-corrected chi connectivity index (χ2v) is 7.77. The van der Waals surface area contributed by atoms with Gasteiger partial charge < -0.3 is 10.1 Å². The van der Waals surface area contributed by atoms with Gasteiger partial charge in [-0.25, -0.2) is 0 Å². The Morgan fingerprint density at radius 3 is 2.74 bits per heavy atom. The number of amides is 1. The second kappa shape index (κ2) is 7.79. The SMILES string of the molecule is Cc1cccc(CC2(NC(=O)C(c3cccnc3)N3CCOCC3)CC2)c1. The van der Waals surface area contributed by atoms with Gasteiger partial charge in [-0.2, -0.15) is 0 Å². The monoisotopic (exact) mass is 365 g/mol. The highest BCUT2D eigenvalue weighted by Gasteiger charge is 2.45. The van der Waals surface area contributed by atoms with Gasteiger partial charge in [-0.05, 0) is 43.4 Å². The molecule has 1 aliphatic carbocycles. The molecule has 1 atom stereocenters. The molecule has 2 fully saturated rings. The number of hydrogen-bond acceptors (Lipinski definition) is 4. The average Bonchev–Trinajstić information content (AvgIpc) is 3.42. The summed E-state index contributed by atoms with van der Waals surface area (Å²) in [7, 11) is 0. The molecule has 1 aromatic carbocycles. The summed E-state index contributed by atoms with van der Waals surface area (Å²) in [6.45, 7) is 4.96. The lowest BCUT2D eigenvalue weighted by Crippen LogP contribution is -2.49. The zero-order chi connectivity index (χ0) is 18.7. The first kappa shape index (κ1) is 18.1. The van der Waals surface area contributed by atoms with Crippen LogP contribution in [-0.2, 0) is 16.0 Å². The molecule has 1 saturated carbocycles. The summed E-state index contributed by atoms with van der Waals surface area (Å²) in [5, 5.41) is 3.38. The third-order valence-corrected chi connectivity index (χ3v) is 5.53. The summed E-state index contributed by atoms with van der Waals surface area (Å²) >= 11 is 0. The van der Waals surface area contributed by atoms with E-state index in [1.807, 2.05) is 12.1 Å². The van der Waals surface area contributed by atoms with Crippen LogP contribution in [0.4, 0.5) is 0 Å². The van der Waals surface area contributed by atoms with Gasteiger partial charge >= 0.3 is 0 Å². The normalized spacial score (nSPS) is 20.0. The van der Waals surface area contributed by atoms with Crippen LogP contribution in [0.3, 0.4) is 0 Å². The van der Waals surface area contributed by atoms with E-state index in [0.29, 0.717) is 13.2 Å². The number of hydrogen-bond donors (Lipinski definition) is 1. The zero-order valence-corrected chi connectivity index (χ0v) is 15.9. The van der Waals surface area contributed by atoms with Crippen LogP contribution in [0.2, 0.25) is 0 Å². The summed E-state index contributed by atoms with van der Waals surface area (Å²) in [6.07, 6.45) is 6.52. The number of nitrogens with one attached hydrogen (secondary N) is 1. The standard InChI is InChI=1S/C22H27N3O2/c1-17-4-2-5-18(14-17)15-22(7-8-22)24-21(26)20(19-6-3-9-23-16-19)25-10-12-27-13-11-25/h2-6,9,14,16,20H,7-8,10-13,15H2,1H3,(H,24,26). The van der Waals surface area contributed by atoms with Crippen LogP contribution in [0, 0.1) is 6.92 Å². The summed E-state index contributed by atoms with van der Waals surface area (Å²) in [5.74, 6) is 0.0788. The van der Waals surface area contributed by atoms with Gasteiger partial charge in [0.05, 0.1) is 13.2 Å². The average molecular weight is 365 g/mol. The summed E-state index contributed by atoms with van der Waals surface area (Å²) < 4.78 is 5.48. The van der Waals surface area contributed by atoms with Crippen LogP contribution >= 0.6 is 0 Å². The van der Waals surface area contributed by atoms with Gasteiger partial charge in [0.1, 0.15) is 6.04 Å². The van der Waals surface area contributed by atoms with E-state index >= 15 is 0 Å². The van der Waals surface area contributed by atoms with Crippen molar-refractivity contribution >= 4 is 5.91 Å². The zero-order valence-electron chi connectivity index (χ0n) is 15.9. The lowest BCUT2D eigenvalue weighted by Gasteiger charge is -2.34. The molecule has 2 aliphatic rings. The minimum atomic E-state index is -0.308. The Balaban J connectivity index is 1.51. The van der Waals surface area contributed by atoms with Gasteiger partial charge in [-0.3, -0.25) is 14.7 Å². The van der Waals surface area contributed by atoms with Crippen molar-refractivity contribution in [1.29, 1.82) is 0 Å². The Morgan fingerprint density at radius 2 is 2.07 bits per heavy atom. The highest BCUT2D eigenvalue weighted by molar-refractivity contribution is 5.84. The van der Waals surface area contributed by atoms with Crippen molar-refractivity contribution < 1.29 is 9.53 Å². The maximum Gasteiger partial charge on any atom is 0.242 e. The van der Waals surface area contributed by atoms with Crippen molar-refractivity contribution in [1.82, 2.24) is 15.2 Å². The van der Waals surface area contributed by atoms with E-state index in [1.54, 1.807) is 12.4 Å². The lowest BCUT2D eigenvalue weighted by molar-refractivity contribution is -0.129. The first-order valence-electron chi connectivity index (χ1n) is 9.75. The minimum absolute atomic E-state index is 0.0788. The number of ether oxygens (including phenoxy) is 1. The molecule has 0 spiro atoms. The summed E-state index contributed by atoms with van der Waals surface area (Å²) in [4.78, 5) is 19.8. The predicted octanol–water partition coefficient (Wildman–Crippen LogP) is 2.65. The lowest BCUT2D eigenvalue weighted by atomic mass is 10.0. The highest BCUT2D eigenvalue weighted by Crippen LogP contribution is 2.39. The van der Waals surface area contributed by atoms with Crippen LogP contribution in [0.25, 0.3) is 0 Å². The Kier molecular flexibility index (Phi) is 5.23.